The minimum Gasteiger partial charge on any atom is -0.388 e. The Balaban J connectivity index is 2.36. The number of fused-ring (bicyclic) bond motifs is 1. The lowest BCUT2D eigenvalue weighted by Crippen LogP contribution is -2.49. The smallest absolute Gasteiger partial charge is 0.0873 e. The lowest BCUT2D eigenvalue weighted by Gasteiger charge is -2.43. The molecule has 2 heteroatoms. The first-order valence-corrected chi connectivity index (χ1v) is 6.25. The van der Waals surface area contributed by atoms with E-state index in [0.717, 1.165) is 6.42 Å². The van der Waals surface area contributed by atoms with Gasteiger partial charge in [0.15, 0.2) is 0 Å². The highest BCUT2D eigenvalue weighted by atomic mass is 16.3. The summed E-state index contributed by atoms with van der Waals surface area (Å²) in [6.45, 7) is 3.85. The van der Waals surface area contributed by atoms with Gasteiger partial charge in [-0.1, -0.05) is 31.2 Å². The quantitative estimate of drug-likeness (QED) is 0.847. The van der Waals surface area contributed by atoms with Gasteiger partial charge in [-0.05, 0) is 37.3 Å². The number of rotatable bonds is 2. The van der Waals surface area contributed by atoms with Gasteiger partial charge < -0.3 is 5.11 Å². The van der Waals surface area contributed by atoms with Crippen molar-refractivity contribution in [2.45, 2.75) is 45.1 Å². The summed E-state index contributed by atoms with van der Waals surface area (Å²) in [5.41, 5.74) is 0.968. The summed E-state index contributed by atoms with van der Waals surface area (Å²) in [6.07, 6.45) is 2.83. The van der Waals surface area contributed by atoms with Crippen molar-refractivity contribution in [1.29, 1.82) is 5.26 Å². The average molecular weight is 229 g/mol. The fourth-order valence-corrected chi connectivity index (χ4v) is 2.70. The Labute approximate surface area is 103 Å². The molecule has 0 aromatic heterocycles. The molecule has 17 heavy (non-hydrogen) atoms. The van der Waals surface area contributed by atoms with Crippen LogP contribution in [0.4, 0.5) is 0 Å². The summed E-state index contributed by atoms with van der Waals surface area (Å²) >= 11 is 0. The highest BCUT2D eigenvalue weighted by Crippen LogP contribution is 2.43. The van der Waals surface area contributed by atoms with E-state index < -0.39 is 11.0 Å². The molecule has 0 heterocycles. The van der Waals surface area contributed by atoms with E-state index in [-0.39, 0.29) is 0 Å². The van der Waals surface area contributed by atoms with Gasteiger partial charge in [0.05, 0.1) is 17.1 Å². The van der Waals surface area contributed by atoms with Gasteiger partial charge in [-0.2, -0.15) is 5.26 Å². The number of hydrogen-bond acceptors (Lipinski definition) is 2. The van der Waals surface area contributed by atoms with Gasteiger partial charge >= 0.3 is 0 Å². The molecule has 2 atom stereocenters. The normalized spacial score (nSPS) is 26.7. The van der Waals surface area contributed by atoms with Crippen molar-refractivity contribution >= 4 is 0 Å². The summed E-state index contributed by atoms with van der Waals surface area (Å²) in [7, 11) is 0. The summed E-state index contributed by atoms with van der Waals surface area (Å²) in [4.78, 5) is 0. The van der Waals surface area contributed by atoms with Crippen molar-refractivity contribution in [2.24, 2.45) is 5.41 Å². The molecule has 1 aliphatic carbocycles. The lowest BCUT2D eigenvalue weighted by atomic mass is 9.64. The van der Waals surface area contributed by atoms with Gasteiger partial charge in [0.2, 0.25) is 0 Å². The zero-order valence-electron chi connectivity index (χ0n) is 10.5. The first-order chi connectivity index (χ1) is 8.04. The number of nitrogens with zero attached hydrogens (tertiary/aromatic N) is 1. The molecule has 2 unspecified atom stereocenters. The van der Waals surface area contributed by atoms with E-state index in [1.54, 1.807) is 0 Å². The fourth-order valence-electron chi connectivity index (χ4n) is 2.70. The van der Waals surface area contributed by atoms with E-state index in [1.165, 1.54) is 11.1 Å². The van der Waals surface area contributed by atoms with Crippen LogP contribution in [0.2, 0.25) is 0 Å². The fraction of sp³-hybridized carbons (Fsp3) is 0.533. The molecule has 0 saturated carbocycles. The molecule has 2 rings (SSSR count). The van der Waals surface area contributed by atoms with Crippen LogP contribution in [0.25, 0.3) is 0 Å². The molecule has 0 aliphatic heterocycles. The number of hydrogen-bond donors (Lipinski definition) is 1. The van der Waals surface area contributed by atoms with Crippen molar-refractivity contribution in [3.05, 3.63) is 35.4 Å². The van der Waals surface area contributed by atoms with Gasteiger partial charge in [0.25, 0.3) is 0 Å². The highest BCUT2D eigenvalue weighted by molar-refractivity contribution is 5.33. The lowest BCUT2D eigenvalue weighted by molar-refractivity contribution is -0.0596. The largest absolute Gasteiger partial charge is 0.388 e. The molecule has 1 aromatic rings. The Hall–Kier alpha value is -1.33. The summed E-state index contributed by atoms with van der Waals surface area (Å²) in [5.74, 6) is 0. The molecule has 0 saturated heterocycles. The zero-order valence-corrected chi connectivity index (χ0v) is 10.5. The second-order valence-corrected chi connectivity index (χ2v) is 5.27. The van der Waals surface area contributed by atoms with E-state index in [2.05, 4.69) is 18.2 Å². The van der Waals surface area contributed by atoms with Crippen LogP contribution in [-0.4, -0.2) is 10.7 Å². The van der Waals surface area contributed by atoms with Crippen molar-refractivity contribution < 1.29 is 5.11 Å². The first kappa shape index (κ1) is 12.1. The van der Waals surface area contributed by atoms with Crippen molar-refractivity contribution in [1.82, 2.24) is 0 Å². The standard InChI is InChI=1S/C15H19NO/c1-3-14(2,11-16)15(17)9-8-12-6-4-5-7-13(12)10-15/h4-7,17H,3,8-10H2,1-2H3. The van der Waals surface area contributed by atoms with Crippen LogP contribution in [0, 0.1) is 16.7 Å². The predicted octanol–water partition coefficient (Wildman–Crippen LogP) is 2.85. The molecule has 1 N–H and O–H groups in total. The molecule has 90 valence electrons. The number of benzene rings is 1. The number of aliphatic hydroxyl groups is 1. The van der Waals surface area contributed by atoms with Crippen molar-refractivity contribution in [2.75, 3.05) is 0 Å². The van der Waals surface area contributed by atoms with Crippen molar-refractivity contribution in [3.63, 3.8) is 0 Å². The monoisotopic (exact) mass is 229 g/mol. The van der Waals surface area contributed by atoms with Crippen LogP contribution < -0.4 is 0 Å². The van der Waals surface area contributed by atoms with Gasteiger partial charge in [-0.3, -0.25) is 0 Å². The Morgan fingerprint density at radius 3 is 2.65 bits per heavy atom. The third-order valence-electron chi connectivity index (χ3n) is 4.39. The average Bonchev–Trinajstić information content (AvgIpc) is 2.37. The molecular formula is C15H19NO. The topological polar surface area (TPSA) is 44.0 Å². The Morgan fingerprint density at radius 2 is 2.06 bits per heavy atom. The predicted molar refractivity (Wildman–Crippen MR) is 67.4 cm³/mol. The van der Waals surface area contributed by atoms with E-state index in [9.17, 15) is 10.4 Å². The maximum Gasteiger partial charge on any atom is 0.0873 e. The maximum atomic E-state index is 10.8. The van der Waals surface area contributed by atoms with Crippen LogP contribution in [-0.2, 0) is 12.8 Å². The molecule has 0 spiro atoms. The van der Waals surface area contributed by atoms with Gasteiger partial charge in [-0.25, -0.2) is 0 Å². The molecule has 2 nitrogen and oxygen atoms in total. The minimum absolute atomic E-state index is 0.598. The van der Waals surface area contributed by atoms with E-state index in [4.69, 9.17) is 0 Å². The van der Waals surface area contributed by atoms with Crippen molar-refractivity contribution in [3.8, 4) is 6.07 Å². The van der Waals surface area contributed by atoms with Crippen LogP contribution >= 0.6 is 0 Å². The SMILES string of the molecule is CCC(C)(C#N)C1(O)CCc2ccccc2C1. The number of nitriles is 1. The Bertz CT molecular complexity index is 462. The van der Waals surface area contributed by atoms with E-state index >= 15 is 0 Å². The first-order valence-electron chi connectivity index (χ1n) is 6.25. The molecular weight excluding hydrogens is 210 g/mol. The van der Waals surface area contributed by atoms with Gasteiger partial charge in [0, 0.05) is 6.42 Å². The van der Waals surface area contributed by atoms with E-state index in [1.807, 2.05) is 26.0 Å². The highest BCUT2D eigenvalue weighted by Gasteiger charge is 2.47. The molecule has 0 radical (unpaired) electrons. The second kappa shape index (κ2) is 4.16. The van der Waals surface area contributed by atoms with Crippen LogP contribution in [0.5, 0.6) is 0 Å². The molecule has 0 bridgehead atoms. The molecule has 1 aliphatic rings. The minimum atomic E-state index is -0.884. The van der Waals surface area contributed by atoms with E-state index in [0.29, 0.717) is 19.3 Å². The Kier molecular flexibility index (Phi) is 2.97. The molecule has 0 fully saturated rings. The summed E-state index contributed by atoms with van der Waals surface area (Å²) < 4.78 is 0. The zero-order chi connectivity index (χ0) is 12.5. The number of aryl methyl sites for hydroxylation is 1. The summed E-state index contributed by atoms with van der Waals surface area (Å²) in [5, 5.41) is 20.2. The van der Waals surface area contributed by atoms with Crippen LogP contribution in [0.1, 0.15) is 37.8 Å². The van der Waals surface area contributed by atoms with Crippen LogP contribution in [0.15, 0.2) is 24.3 Å². The third-order valence-corrected chi connectivity index (χ3v) is 4.39. The van der Waals surface area contributed by atoms with Gasteiger partial charge in [-0.15, -0.1) is 0 Å². The third kappa shape index (κ3) is 1.85. The van der Waals surface area contributed by atoms with Gasteiger partial charge in [0.1, 0.15) is 0 Å². The van der Waals surface area contributed by atoms with Crippen LogP contribution in [0.3, 0.4) is 0 Å². The molecule has 0 amide bonds. The molecule has 1 aromatic carbocycles. The second-order valence-electron chi connectivity index (χ2n) is 5.27. The Morgan fingerprint density at radius 1 is 1.41 bits per heavy atom. The summed E-state index contributed by atoms with van der Waals surface area (Å²) in [6, 6.07) is 10.5. The maximum absolute atomic E-state index is 10.8.